The topological polar surface area (TPSA) is 84.4 Å². The average molecular weight is 497 g/mol. The van der Waals surface area contributed by atoms with E-state index in [2.05, 4.69) is 14.9 Å². The van der Waals surface area contributed by atoms with Gasteiger partial charge < -0.3 is 14.6 Å². The second-order valence-electron chi connectivity index (χ2n) is 8.09. The number of ether oxygens (including phenoxy) is 2. The summed E-state index contributed by atoms with van der Waals surface area (Å²) in [5, 5.41) is 16.2. The summed E-state index contributed by atoms with van der Waals surface area (Å²) in [7, 11) is 0. The second kappa shape index (κ2) is 10.4. The minimum absolute atomic E-state index is 0.00202. The van der Waals surface area contributed by atoms with Gasteiger partial charge in [0.25, 0.3) is 0 Å². The molecule has 1 heterocycles. The number of aromatic nitrogens is 2. The normalized spacial score (nSPS) is 12.6. The monoisotopic (exact) mass is 496 g/mol. The molecule has 182 valence electrons. The number of aromatic amines is 1. The van der Waals surface area contributed by atoms with Gasteiger partial charge in [-0.2, -0.15) is 5.10 Å². The Balaban J connectivity index is 1.98. The molecule has 3 aromatic rings. The zero-order valence-electron chi connectivity index (χ0n) is 18.7. The van der Waals surface area contributed by atoms with Gasteiger partial charge in [0.15, 0.2) is 6.10 Å². The van der Waals surface area contributed by atoms with Gasteiger partial charge in [0.2, 0.25) is 0 Å². The largest absolute Gasteiger partial charge is 0.573 e. The Labute approximate surface area is 199 Å². The summed E-state index contributed by atoms with van der Waals surface area (Å²) in [6.07, 6.45) is -5.17. The minimum Gasteiger partial charge on any atom is -0.481 e. The highest BCUT2D eigenvalue weighted by molar-refractivity contribution is 6.30. The van der Waals surface area contributed by atoms with Crippen molar-refractivity contribution in [2.75, 3.05) is 0 Å². The van der Waals surface area contributed by atoms with Crippen LogP contribution in [-0.2, 0) is 11.2 Å². The molecule has 34 heavy (non-hydrogen) atoms. The first kappa shape index (κ1) is 25.4. The molecule has 0 fully saturated rings. The van der Waals surface area contributed by atoms with E-state index in [4.69, 9.17) is 21.4 Å². The van der Waals surface area contributed by atoms with Crippen molar-refractivity contribution >= 4 is 17.6 Å². The third-order valence-electron chi connectivity index (χ3n) is 5.19. The Hall–Kier alpha value is -3.20. The highest BCUT2D eigenvalue weighted by Crippen LogP contribution is 2.38. The summed E-state index contributed by atoms with van der Waals surface area (Å²) in [6, 6.07) is 10.7. The van der Waals surface area contributed by atoms with Gasteiger partial charge in [-0.15, -0.1) is 13.2 Å². The molecular formula is C24H24ClF3N2O4. The van der Waals surface area contributed by atoms with Crippen LogP contribution in [-0.4, -0.2) is 27.6 Å². The van der Waals surface area contributed by atoms with Crippen molar-refractivity contribution in [1.82, 2.24) is 10.2 Å². The van der Waals surface area contributed by atoms with Gasteiger partial charge in [0.1, 0.15) is 16.7 Å². The lowest BCUT2D eigenvalue weighted by molar-refractivity contribution is -0.274. The van der Waals surface area contributed by atoms with Crippen molar-refractivity contribution in [3.8, 4) is 11.5 Å². The van der Waals surface area contributed by atoms with Crippen LogP contribution in [0.2, 0.25) is 5.15 Å². The molecule has 3 rings (SSSR count). The number of carbonyl (C=O) groups is 1. The zero-order valence-corrected chi connectivity index (χ0v) is 19.5. The third kappa shape index (κ3) is 6.44. The van der Waals surface area contributed by atoms with Gasteiger partial charge >= 0.3 is 12.3 Å². The molecule has 0 aliphatic rings. The molecule has 0 aliphatic heterocycles. The summed E-state index contributed by atoms with van der Waals surface area (Å²) in [6.45, 7) is 5.73. The van der Waals surface area contributed by atoms with Crippen molar-refractivity contribution in [1.29, 1.82) is 0 Å². The van der Waals surface area contributed by atoms with E-state index in [1.807, 2.05) is 20.8 Å². The Kier molecular flexibility index (Phi) is 7.76. The number of carboxylic acids is 1. The van der Waals surface area contributed by atoms with Crippen LogP contribution in [0.15, 0.2) is 42.5 Å². The van der Waals surface area contributed by atoms with Gasteiger partial charge in [-0.05, 0) is 60.2 Å². The number of aryl methyl sites for hydroxylation is 2. The molecule has 0 radical (unpaired) electrons. The fourth-order valence-electron chi connectivity index (χ4n) is 3.57. The number of alkyl halides is 3. The molecule has 1 unspecified atom stereocenters. The number of nitrogens with one attached hydrogen (secondary N) is 1. The molecule has 10 heteroatoms. The molecule has 0 amide bonds. The number of hydrogen-bond donors (Lipinski definition) is 2. The summed E-state index contributed by atoms with van der Waals surface area (Å²) in [5.74, 6) is -0.744. The first-order valence-corrected chi connectivity index (χ1v) is 10.9. The maximum atomic E-state index is 12.6. The van der Waals surface area contributed by atoms with Crippen LogP contribution in [0.3, 0.4) is 0 Å². The van der Waals surface area contributed by atoms with E-state index < -0.39 is 18.4 Å². The number of carboxylic acid groups (broad SMARTS) is 1. The maximum Gasteiger partial charge on any atom is 0.573 e. The van der Waals surface area contributed by atoms with Crippen molar-refractivity contribution in [3.63, 3.8) is 0 Å². The molecule has 1 aromatic heterocycles. The first-order chi connectivity index (χ1) is 15.9. The number of benzene rings is 2. The predicted octanol–water partition coefficient (Wildman–Crippen LogP) is 6.58. The van der Waals surface area contributed by atoms with Gasteiger partial charge in [0.05, 0.1) is 11.3 Å². The minimum atomic E-state index is -4.80. The van der Waals surface area contributed by atoms with Crippen molar-refractivity contribution in [3.05, 3.63) is 75.6 Å². The number of aliphatic carboxylic acids is 1. The third-order valence-corrected chi connectivity index (χ3v) is 5.48. The van der Waals surface area contributed by atoms with Gasteiger partial charge in [-0.1, -0.05) is 43.6 Å². The molecule has 1 atom stereocenters. The Morgan fingerprint density at radius 1 is 1.15 bits per heavy atom. The number of hydrogen-bond acceptors (Lipinski definition) is 4. The van der Waals surface area contributed by atoms with E-state index in [-0.39, 0.29) is 23.2 Å². The van der Waals surface area contributed by atoms with Crippen LogP contribution in [0.1, 0.15) is 60.2 Å². The highest BCUT2D eigenvalue weighted by Gasteiger charge is 2.32. The molecule has 0 saturated heterocycles. The van der Waals surface area contributed by atoms with E-state index >= 15 is 0 Å². The van der Waals surface area contributed by atoms with E-state index in [9.17, 15) is 18.0 Å². The molecule has 0 saturated carbocycles. The molecule has 0 bridgehead atoms. The van der Waals surface area contributed by atoms with Crippen LogP contribution < -0.4 is 9.47 Å². The molecule has 0 spiro atoms. The van der Waals surface area contributed by atoms with E-state index in [1.165, 1.54) is 24.3 Å². The van der Waals surface area contributed by atoms with Crippen molar-refractivity contribution < 1.29 is 32.5 Å². The summed E-state index contributed by atoms with van der Waals surface area (Å²) < 4.78 is 48.0. The average Bonchev–Trinajstić information content (AvgIpc) is 3.12. The van der Waals surface area contributed by atoms with Gasteiger partial charge in [-0.25, -0.2) is 0 Å². The SMILES string of the molecule is Cc1cc(OC(c2ccc(OC(F)(F)F)cc2)c2c(C(C)C)n[nH]c2Cl)ccc1CCC(=O)O. The molecule has 2 aromatic carbocycles. The standard InChI is InChI=1S/C24H24ClF3N2O4/c1-13(2)21-20(23(25)30-29-21)22(16-5-8-17(9-6-16)34-24(26,27)28)33-18-10-4-15(14(3)12-18)7-11-19(31)32/h4-6,8-10,12-13,22H,7,11H2,1-3H3,(H,29,30)(H,31,32). The van der Waals surface area contributed by atoms with Crippen LogP contribution in [0.5, 0.6) is 11.5 Å². The summed E-state index contributed by atoms with van der Waals surface area (Å²) in [5.41, 5.74) is 3.53. The number of rotatable bonds is 9. The quantitative estimate of drug-likeness (QED) is 0.349. The van der Waals surface area contributed by atoms with Crippen LogP contribution in [0.4, 0.5) is 13.2 Å². The smallest absolute Gasteiger partial charge is 0.481 e. The highest BCUT2D eigenvalue weighted by atomic mass is 35.5. The Morgan fingerprint density at radius 2 is 1.79 bits per heavy atom. The molecule has 0 aliphatic carbocycles. The van der Waals surface area contributed by atoms with Crippen LogP contribution in [0, 0.1) is 6.92 Å². The molecule has 6 nitrogen and oxygen atoms in total. The van der Waals surface area contributed by atoms with Crippen molar-refractivity contribution in [2.24, 2.45) is 0 Å². The van der Waals surface area contributed by atoms with E-state index in [1.54, 1.807) is 18.2 Å². The summed E-state index contributed by atoms with van der Waals surface area (Å²) >= 11 is 6.42. The first-order valence-electron chi connectivity index (χ1n) is 10.5. The van der Waals surface area contributed by atoms with Crippen LogP contribution in [0.25, 0.3) is 0 Å². The summed E-state index contributed by atoms with van der Waals surface area (Å²) in [4.78, 5) is 10.9. The van der Waals surface area contributed by atoms with Gasteiger partial charge in [-0.3, -0.25) is 9.89 Å². The zero-order chi connectivity index (χ0) is 25.0. The lowest BCUT2D eigenvalue weighted by Crippen LogP contribution is -2.17. The Bertz CT molecular complexity index is 1140. The molecule has 2 N–H and O–H groups in total. The van der Waals surface area contributed by atoms with Crippen LogP contribution >= 0.6 is 11.6 Å². The predicted molar refractivity (Wildman–Crippen MR) is 120 cm³/mol. The lowest BCUT2D eigenvalue weighted by Gasteiger charge is -2.22. The van der Waals surface area contributed by atoms with Gasteiger partial charge in [0, 0.05) is 6.42 Å². The lowest BCUT2D eigenvalue weighted by atomic mass is 9.97. The fourth-order valence-corrected chi connectivity index (χ4v) is 3.81. The number of H-pyrrole nitrogens is 1. The molecular weight excluding hydrogens is 473 g/mol. The van der Waals surface area contributed by atoms with E-state index in [0.29, 0.717) is 29.0 Å². The Morgan fingerprint density at radius 3 is 2.35 bits per heavy atom. The number of nitrogens with zero attached hydrogens (tertiary/aromatic N) is 1. The van der Waals surface area contributed by atoms with Crippen molar-refractivity contribution in [2.45, 2.75) is 52.0 Å². The fraction of sp³-hybridized carbons (Fsp3) is 0.333. The number of halogens is 4. The second-order valence-corrected chi connectivity index (χ2v) is 8.47. The van der Waals surface area contributed by atoms with E-state index in [0.717, 1.165) is 11.1 Å². The maximum absolute atomic E-state index is 12.6.